The van der Waals surface area contributed by atoms with Gasteiger partial charge in [-0.05, 0) is 124 Å². The van der Waals surface area contributed by atoms with E-state index in [1.165, 1.54) is 0 Å². The molecule has 19 nitrogen and oxygen atoms in total. The van der Waals surface area contributed by atoms with Crippen molar-refractivity contribution >= 4 is 78.9 Å². The molecule has 0 radical (unpaired) electrons. The summed E-state index contributed by atoms with van der Waals surface area (Å²) in [5, 5.41) is 31.2. The number of aromatic amines is 2. The zero-order valence-electron chi connectivity index (χ0n) is 45.2. The number of ketones is 2. The average Bonchev–Trinajstić information content (AvgIpc) is 4.30. The molecule has 0 saturated heterocycles. The van der Waals surface area contributed by atoms with Crippen LogP contribution in [0, 0.1) is 26.7 Å². The molecule has 78 heavy (non-hydrogen) atoms. The first-order chi connectivity index (χ1) is 37.5. The largest absolute Gasteiger partial charge is 0.494 e. The van der Waals surface area contributed by atoms with E-state index in [1.54, 1.807) is 24.3 Å². The first kappa shape index (κ1) is 56.5. The molecule has 3 aromatic heterocycles. The number of hydrogen-bond acceptors (Lipinski definition) is 16. The maximum Gasteiger partial charge on any atom is 0.309 e. The highest BCUT2D eigenvalue weighted by atomic mass is 32.2. The van der Waals surface area contributed by atoms with Crippen LogP contribution in [0.5, 0.6) is 17.5 Å². The summed E-state index contributed by atoms with van der Waals surface area (Å²) in [6, 6.07) is 12.6. The van der Waals surface area contributed by atoms with Gasteiger partial charge in [0.2, 0.25) is 11.8 Å². The van der Waals surface area contributed by atoms with E-state index in [0.29, 0.717) is 78.2 Å². The number of benzene rings is 1. The highest BCUT2D eigenvalue weighted by Gasteiger charge is 2.36. The summed E-state index contributed by atoms with van der Waals surface area (Å²) in [7, 11) is -2.81. The summed E-state index contributed by atoms with van der Waals surface area (Å²) in [6.45, 7) is 16.7. The number of aromatic nitrogens is 5. The molecule has 1 aromatic carbocycles. The van der Waals surface area contributed by atoms with Gasteiger partial charge < -0.3 is 45.0 Å². The fourth-order valence-corrected chi connectivity index (χ4v) is 12.4. The molecule has 0 saturated carbocycles. The second kappa shape index (κ2) is 24.7. The number of aromatic hydroxyl groups is 2. The molecule has 20 heteroatoms. The molecule has 0 fully saturated rings. The smallest absolute Gasteiger partial charge is 0.309 e. The Hall–Kier alpha value is -7.74. The number of methoxy groups -OCH3 is 1. The average molecular weight is 1090 g/mol. The van der Waals surface area contributed by atoms with Gasteiger partial charge in [0.25, 0.3) is 6.47 Å². The fraction of sp³-hybridized carbons (Fsp3) is 0.431. The van der Waals surface area contributed by atoms with E-state index >= 15 is 0 Å². The lowest BCUT2D eigenvalue weighted by Crippen LogP contribution is -2.42. The number of Topliss-reactive ketones (excluding diaryl/α,β-unsaturated/α-hetero) is 2. The summed E-state index contributed by atoms with van der Waals surface area (Å²) in [6.07, 6.45) is 3.92. The Morgan fingerprint density at radius 1 is 0.949 bits per heavy atom. The number of aliphatic imine (C=N–C) groups is 1. The quantitative estimate of drug-likeness (QED) is 0.0144. The number of nitrogens with zero attached hydrogens (tertiary/aromatic N) is 4. The topological polar surface area (TPSA) is 269 Å². The lowest BCUT2D eigenvalue weighted by Gasteiger charge is -2.21. The number of carbonyl (C=O) groups is 4. The molecule has 4 aliphatic rings. The van der Waals surface area contributed by atoms with Crippen LogP contribution in [0.3, 0.4) is 0 Å². The molecule has 0 spiro atoms. The van der Waals surface area contributed by atoms with Crippen LogP contribution < -0.4 is 15.4 Å². The SMILES string of the molecule is C=Cc1c(C)c2cc3nc(c4c5nc(cc6[nH]c(cc1[nH]2)c(C)c6CC)c(C)c-5c(O)n(CC(=O)CCCS(=O)(=O)C[C@@H](CCC(=O)c1ccc(OCCNC2=NCCCN2)cc1)C(=O)OC)c4O)[C@@H](CCCOC=O)[C@@H]3C. The molecule has 8 bridgehead atoms. The van der Waals surface area contributed by atoms with Crippen molar-refractivity contribution in [2.45, 2.75) is 104 Å². The van der Waals surface area contributed by atoms with Crippen molar-refractivity contribution in [2.75, 3.05) is 51.5 Å². The van der Waals surface area contributed by atoms with Crippen molar-refractivity contribution in [1.29, 1.82) is 0 Å². The third-order valence-electron chi connectivity index (χ3n) is 15.1. The van der Waals surface area contributed by atoms with Gasteiger partial charge in [-0.25, -0.2) is 13.4 Å². The van der Waals surface area contributed by atoms with Crippen molar-refractivity contribution in [1.82, 2.24) is 35.1 Å². The molecule has 4 aliphatic heterocycles. The van der Waals surface area contributed by atoms with Crippen molar-refractivity contribution in [2.24, 2.45) is 10.9 Å². The number of nitrogens with one attached hydrogen (secondary N) is 4. The molecule has 6 N–H and O–H groups in total. The Morgan fingerprint density at radius 3 is 2.41 bits per heavy atom. The number of hydrogen-bond donors (Lipinski definition) is 6. The van der Waals surface area contributed by atoms with Crippen molar-refractivity contribution in [3.05, 3.63) is 93.8 Å². The van der Waals surface area contributed by atoms with Crippen LogP contribution in [0.2, 0.25) is 0 Å². The van der Waals surface area contributed by atoms with E-state index in [1.807, 2.05) is 39.0 Å². The number of H-pyrrole nitrogens is 2. The fourth-order valence-electron chi connectivity index (χ4n) is 10.8. The Bertz CT molecular complexity index is 3480. The van der Waals surface area contributed by atoms with Gasteiger partial charge >= 0.3 is 5.97 Å². The highest BCUT2D eigenvalue weighted by molar-refractivity contribution is 7.91. The third-order valence-corrected chi connectivity index (χ3v) is 16.9. The van der Waals surface area contributed by atoms with Crippen LogP contribution in [-0.2, 0) is 46.7 Å². The zero-order chi connectivity index (χ0) is 55.8. The van der Waals surface area contributed by atoms with Gasteiger partial charge in [-0.2, -0.15) is 0 Å². The minimum atomic E-state index is -3.97. The number of ether oxygens (including phenoxy) is 3. The predicted molar refractivity (Wildman–Crippen MR) is 301 cm³/mol. The normalized spacial score (nSPS) is 15.4. The molecular weight excluding hydrogens is 1020 g/mol. The van der Waals surface area contributed by atoms with Crippen LogP contribution in [0.25, 0.3) is 50.3 Å². The molecule has 0 unspecified atom stereocenters. The second-order valence-corrected chi connectivity index (χ2v) is 22.4. The van der Waals surface area contributed by atoms with Crippen LogP contribution in [0.15, 0.2) is 54.0 Å². The number of aryl methyl sites for hydroxylation is 4. The lowest BCUT2D eigenvalue weighted by atomic mass is 9.86. The van der Waals surface area contributed by atoms with Gasteiger partial charge in [0.05, 0.1) is 72.1 Å². The number of guanidine groups is 1. The summed E-state index contributed by atoms with van der Waals surface area (Å²) < 4.78 is 44.1. The van der Waals surface area contributed by atoms with Crippen molar-refractivity contribution in [3.8, 4) is 28.8 Å². The lowest BCUT2D eigenvalue weighted by molar-refractivity contribution is -0.144. The van der Waals surface area contributed by atoms with Gasteiger partial charge in [-0.1, -0.05) is 26.5 Å². The summed E-state index contributed by atoms with van der Waals surface area (Å²) in [5.41, 5.74) is 10.7. The Morgan fingerprint density at radius 2 is 1.71 bits per heavy atom. The van der Waals surface area contributed by atoms with Gasteiger partial charge in [0, 0.05) is 76.7 Å². The maximum atomic E-state index is 14.0. The number of esters is 1. The van der Waals surface area contributed by atoms with Gasteiger partial charge in [0.15, 0.2) is 27.4 Å². The van der Waals surface area contributed by atoms with Gasteiger partial charge in [0.1, 0.15) is 12.4 Å². The van der Waals surface area contributed by atoms with Crippen LogP contribution in [0.4, 0.5) is 0 Å². The second-order valence-electron chi connectivity index (χ2n) is 20.2. The Labute approximate surface area is 453 Å². The minimum Gasteiger partial charge on any atom is -0.494 e. The van der Waals surface area contributed by atoms with E-state index < -0.39 is 57.3 Å². The molecule has 7 heterocycles. The standard InChI is InChI=1S/C58H70N8O11S/c1-8-41-33(3)44-27-46-35(5)43(14-10-24-76-32-67)53(64-46)52-54-51(36(6)47(65-54)29-49-42(9-2)34(4)45(63-49)28-48(41)62-44)55(70)66(56(52)71)30-39(68)13-11-26-78(73,74)31-38(57(72)75-7)17-20-50(69)37-15-18-40(19-16-37)77-25-23-61-58-59-21-12-22-60-58/h8,15-16,18-19,27-29,32,35,38,43,62-63,70-71H,1,9-14,17,20-26,30-31H2,2-7H3,(H2,59,60,61)/t35-,38+,43-/m0/s1. The van der Waals surface area contributed by atoms with Crippen molar-refractivity contribution in [3.63, 3.8) is 0 Å². The first-order valence-corrected chi connectivity index (χ1v) is 28.4. The number of rotatable bonds is 24. The van der Waals surface area contributed by atoms with E-state index in [2.05, 4.69) is 52.1 Å². The van der Waals surface area contributed by atoms with Gasteiger partial charge in [-0.3, -0.25) is 33.7 Å². The van der Waals surface area contributed by atoms with Gasteiger partial charge in [-0.15, -0.1) is 0 Å². The molecule has 3 atom stereocenters. The summed E-state index contributed by atoms with van der Waals surface area (Å²) >= 11 is 0. The third kappa shape index (κ3) is 12.3. The molecular formula is C58H70N8O11S. The molecule has 8 rings (SSSR count). The summed E-state index contributed by atoms with van der Waals surface area (Å²) in [5.74, 6) is -3.82. The van der Waals surface area contributed by atoms with E-state index in [-0.39, 0.29) is 61.0 Å². The number of fused-ring (bicyclic) bond motifs is 8. The molecule has 0 aliphatic carbocycles. The van der Waals surface area contributed by atoms with E-state index in [9.17, 15) is 37.8 Å². The molecule has 0 amide bonds. The molecule has 414 valence electrons. The number of sulfone groups is 1. The Balaban J connectivity index is 1.04. The molecule has 4 aromatic rings. The van der Waals surface area contributed by atoms with Crippen LogP contribution in [-0.4, -0.2) is 125 Å². The van der Waals surface area contributed by atoms with Crippen LogP contribution >= 0.6 is 0 Å². The Kier molecular flexibility index (Phi) is 17.9. The highest BCUT2D eigenvalue weighted by Crippen LogP contribution is 2.50. The van der Waals surface area contributed by atoms with Crippen LogP contribution in [0.1, 0.15) is 120 Å². The zero-order valence-corrected chi connectivity index (χ0v) is 46.0. The van der Waals surface area contributed by atoms with E-state index in [0.717, 1.165) is 81.5 Å². The van der Waals surface area contributed by atoms with E-state index in [4.69, 9.17) is 24.2 Å². The summed E-state index contributed by atoms with van der Waals surface area (Å²) in [4.78, 5) is 73.2. The first-order valence-electron chi connectivity index (χ1n) is 26.6. The monoisotopic (exact) mass is 1090 g/mol. The van der Waals surface area contributed by atoms with Crippen molar-refractivity contribution < 1.29 is 52.0 Å². The number of pyridine rings is 1. The minimum absolute atomic E-state index is 0.0808. The number of carbonyl (C=O) groups excluding carboxylic acids is 4. The predicted octanol–water partition coefficient (Wildman–Crippen LogP) is 8.42. The maximum absolute atomic E-state index is 14.0.